The molecule has 0 radical (unpaired) electrons. The van der Waals surface area contributed by atoms with E-state index in [2.05, 4.69) is 29.6 Å². The van der Waals surface area contributed by atoms with E-state index in [1.807, 2.05) is 0 Å². The van der Waals surface area contributed by atoms with Crippen molar-refractivity contribution in [3.63, 3.8) is 0 Å². The Morgan fingerprint density at radius 3 is 3.00 bits per heavy atom. The molecule has 0 fully saturated rings. The molecule has 3 rings (SSSR count). The van der Waals surface area contributed by atoms with Crippen LogP contribution in [0.2, 0.25) is 0 Å². The van der Waals surface area contributed by atoms with Gasteiger partial charge >= 0.3 is 0 Å². The number of aliphatic hydroxyl groups excluding tert-OH is 1. The molecule has 1 heterocycles. The predicted molar refractivity (Wildman–Crippen MR) is 74.8 cm³/mol. The van der Waals surface area contributed by atoms with Crippen molar-refractivity contribution in [1.29, 1.82) is 0 Å². The van der Waals surface area contributed by atoms with Crippen LogP contribution in [0.4, 0.5) is 5.69 Å². The van der Waals surface area contributed by atoms with Crippen molar-refractivity contribution in [2.45, 2.75) is 44.6 Å². The lowest BCUT2D eigenvalue weighted by molar-refractivity contribution is 0.211. The number of fused-ring (bicyclic) bond motifs is 1. The summed E-state index contributed by atoms with van der Waals surface area (Å²) in [5, 5.41) is 14.0. The van der Waals surface area contributed by atoms with Gasteiger partial charge in [0.1, 0.15) is 6.10 Å². The summed E-state index contributed by atoms with van der Waals surface area (Å²) in [6.07, 6.45) is 8.86. The minimum absolute atomic E-state index is 0.413. The molecule has 1 aromatic rings. The SMILES string of the molecule is OC(C1=CCCCCC1)c1cccc2c1NCC2. The first-order valence-electron chi connectivity index (χ1n) is 7.09. The Morgan fingerprint density at radius 1 is 1.11 bits per heavy atom. The van der Waals surface area contributed by atoms with Gasteiger partial charge in [-0.2, -0.15) is 0 Å². The summed E-state index contributed by atoms with van der Waals surface area (Å²) in [4.78, 5) is 0. The van der Waals surface area contributed by atoms with Gasteiger partial charge in [0.05, 0.1) is 0 Å². The Hall–Kier alpha value is -1.28. The summed E-state index contributed by atoms with van der Waals surface area (Å²) in [7, 11) is 0. The Bertz CT molecular complexity index is 464. The molecular formula is C16H21NO. The van der Waals surface area contributed by atoms with E-state index in [9.17, 15) is 5.11 Å². The molecule has 0 bridgehead atoms. The molecule has 0 aromatic heterocycles. The molecule has 1 aliphatic carbocycles. The Labute approximate surface area is 109 Å². The van der Waals surface area contributed by atoms with E-state index in [1.54, 1.807) is 0 Å². The van der Waals surface area contributed by atoms with Gasteiger partial charge in [0.25, 0.3) is 0 Å². The second-order valence-corrected chi connectivity index (χ2v) is 5.34. The average Bonchev–Trinajstić information content (AvgIpc) is 2.71. The lowest BCUT2D eigenvalue weighted by atomic mass is 9.95. The number of hydrogen-bond donors (Lipinski definition) is 2. The van der Waals surface area contributed by atoms with Crippen LogP contribution in [0.5, 0.6) is 0 Å². The number of rotatable bonds is 2. The van der Waals surface area contributed by atoms with Gasteiger partial charge in [-0.15, -0.1) is 0 Å². The Kier molecular flexibility index (Phi) is 3.37. The maximum Gasteiger partial charge on any atom is 0.102 e. The number of nitrogens with one attached hydrogen (secondary N) is 1. The molecule has 2 N–H and O–H groups in total. The largest absolute Gasteiger partial charge is 0.384 e. The lowest BCUT2D eigenvalue weighted by Crippen LogP contribution is -2.05. The molecule has 0 spiro atoms. The zero-order valence-corrected chi connectivity index (χ0v) is 10.8. The van der Waals surface area contributed by atoms with E-state index in [-0.39, 0.29) is 0 Å². The van der Waals surface area contributed by atoms with Crippen molar-refractivity contribution >= 4 is 5.69 Å². The van der Waals surface area contributed by atoms with Gasteiger partial charge in [0.15, 0.2) is 0 Å². The summed E-state index contributed by atoms with van der Waals surface area (Å²) >= 11 is 0. The van der Waals surface area contributed by atoms with E-state index in [1.165, 1.54) is 36.1 Å². The smallest absolute Gasteiger partial charge is 0.102 e. The second-order valence-electron chi connectivity index (χ2n) is 5.34. The highest BCUT2D eigenvalue weighted by atomic mass is 16.3. The van der Waals surface area contributed by atoms with Gasteiger partial charge in [-0.3, -0.25) is 0 Å². The highest BCUT2D eigenvalue weighted by molar-refractivity contribution is 5.62. The molecule has 2 aliphatic rings. The highest BCUT2D eigenvalue weighted by Gasteiger charge is 2.21. The predicted octanol–water partition coefficient (Wildman–Crippen LogP) is 3.58. The van der Waals surface area contributed by atoms with Crippen molar-refractivity contribution in [2.75, 3.05) is 11.9 Å². The van der Waals surface area contributed by atoms with Crippen molar-refractivity contribution in [1.82, 2.24) is 0 Å². The fraction of sp³-hybridized carbons (Fsp3) is 0.500. The first-order valence-corrected chi connectivity index (χ1v) is 7.09. The molecule has 2 heteroatoms. The molecule has 0 saturated carbocycles. The quantitative estimate of drug-likeness (QED) is 0.778. The molecule has 18 heavy (non-hydrogen) atoms. The zero-order chi connectivity index (χ0) is 12.4. The minimum atomic E-state index is -0.413. The Balaban J connectivity index is 1.90. The van der Waals surface area contributed by atoms with Crippen LogP contribution in [-0.4, -0.2) is 11.7 Å². The number of benzene rings is 1. The molecule has 1 atom stereocenters. The monoisotopic (exact) mass is 243 g/mol. The molecule has 1 unspecified atom stereocenters. The number of allylic oxidation sites excluding steroid dienone is 1. The lowest BCUT2D eigenvalue weighted by Gasteiger charge is -2.18. The second kappa shape index (κ2) is 5.15. The van der Waals surface area contributed by atoms with Crippen molar-refractivity contribution in [2.24, 2.45) is 0 Å². The van der Waals surface area contributed by atoms with Crippen molar-refractivity contribution < 1.29 is 5.11 Å². The van der Waals surface area contributed by atoms with Crippen LogP contribution in [0, 0.1) is 0 Å². The van der Waals surface area contributed by atoms with Crippen LogP contribution < -0.4 is 5.32 Å². The third-order valence-corrected chi connectivity index (χ3v) is 4.10. The fourth-order valence-electron chi connectivity index (χ4n) is 3.08. The van der Waals surface area contributed by atoms with E-state index >= 15 is 0 Å². The van der Waals surface area contributed by atoms with Gasteiger partial charge in [0, 0.05) is 17.8 Å². The maximum atomic E-state index is 10.6. The van der Waals surface area contributed by atoms with E-state index in [0.717, 1.165) is 31.4 Å². The fourth-order valence-corrected chi connectivity index (χ4v) is 3.08. The first kappa shape index (κ1) is 11.8. The summed E-state index contributed by atoms with van der Waals surface area (Å²) in [5.74, 6) is 0. The van der Waals surface area contributed by atoms with Crippen molar-refractivity contribution in [3.05, 3.63) is 41.0 Å². The van der Waals surface area contributed by atoms with E-state index in [0.29, 0.717) is 0 Å². The first-order chi connectivity index (χ1) is 8.86. The molecule has 0 amide bonds. The molecule has 1 aromatic carbocycles. The standard InChI is InChI=1S/C16H21NO/c18-16(13-6-3-1-2-4-7-13)14-9-5-8-12-10-11-17-15(12)14/h5-6,8-9,16-18H,1-4,7,10-11H2. The molecule has 2 nitrogen and oxygen atoms in total. The van der Waals surface area contributed by atoms with Gasteiger partial charge in [-0.25, -0.2) is 0 Å². The topological polar surface area (TPSA) is 32.3 Å². The molecule has 0 saturated heterocycles. The van der Waals surface area contributed by atoms with Gasteiger partial charge in [-0.1, -0.05) is 30.7 Å². The summed E-state index contributed by atoms with van der Waals surface area (Å²) < 4.78 is 0. The maximum absolute atomic E-state index is 10.6. The summed E-state index contributed by atoms with van der Waals surface area (Å²) in [5.41, 5.74) is 4.81. The van der Waals surface area contributed by atoms with Crippen molar-refractivity contribution in [3.8, 4) is 0 Å². The van der Waals surface area contributed by atoms with Crippen LogP contribution in [0.15, 0.2) is 29.8 Å². The van der Waals surface area contributed by atoms with Gasteiger partial charge in [0.2, 0.25) is 0 Å². The normalized spacial score (nSPS) is 20.6. The number of para-hydroxylation sites is 1. The number of hydrogen-bond acceptors (Lipinski definition) is 2. The summed E-state index contributed by atoms with van der Waals surface area (Å²) in [6.45, 7) is 0.998. The Morgan fingerprint density at radius 2 is 2.06 bits per heavy atom. The van der Waals surface area contributed by atoms with Crippen LogP contribution in [-0.2, 0) is 6.42 Å². The summed E-state index contributed by atoms with van der Waals surface area (Å²) in [6, 6.07) is 6.29. The number of aliphatic hydroxyl groups is 1. The van der Waals surface area contributed by atoms with E-state index < -0.39 is 6.10 Å². The van der Waals surface area contributed by atoms with Crippen LogP contribution in [0.3, 0.4) is 0 Å². The van der Waals surface area contributed by atoms with Crippen LogP contribution >= 0.6 is 0 Å². The molecule has 96 valence electrons. The van der Waals surface area contributed by atoms with Gasteiger partial charge < -0.3 is 10.4 Å². The molecular weight excluding hydrogens is 222 g/mol. The highest BCUT2D eigenvalue weighted by Crippen LogP contribution is 2.36. The minimum Gasteiger partial charge on any atom is -0.384 e. The number of anilines is 1. The third-order valence-electron chi connectivity index (χ3n) is 4.10. The van der Waals surface area contributed by atoms with E-state index in [4.69, 9.17) is 0 Å². The molecule has 1 aliphatic heterocycles. The third kappa shape index (κ3) is 2.17. The average molecular weight is 243 g/mol. The van der Waals surface area contributed by atoms with Crippen LogP contribution in [0.1, 0.15) is 49.3 Å². The van der Waals surface area contributed by atoms with Crippen LogP contribution in [0.25, 0.3) is 0 Å². The van der Waals surface area contributed by atoms with Gasteiger partial charge in [-0.05, 0) is 43.2 Å². The zero-order valence-electron chi connectivity index (χ0n) is 10.8.